The lowest BCUT2D eigenvalue weighted by molar-refractivity contribution is -0.702. The molecule has 0 atom stereocenters. The third kappa shape index (κ3) is 3.81. The molecule has 76 valence electrons. The molecule has 1 aromatic rings. The predicted molar refractivity (Wildman–Crippen MR) is 49.9 cm³/mol. The highest BCUT2D eigenvalue weighted by atomic mass is 35.5. The van der Waals surface area contributed by atoms with Crippen molar-refractivity contribution in [3.8, 4) is 0 Å². The van der Waals surface area contributed by atoms with E-state index in [1.165, 1.54) is 31.5 Å². The summed E-state index contributed by atoms with van der Waals surface area (Å²) >= 11 is 0. The summed E-state index contributed by atoms with van der Waals surface area (Å²) < 4.78 is 2.32. The second kappa shape index (κ2) is 6.96. The zero-order valence-corrected chi connectivity index (χ0v) is 9.27. The van der Waals surface area contributed by atoms with E-state index in [0.29, 0.717) is 0 Å². The van der Waals surface area contributed by atoms with Gasteiger partial charge in [0, 0.05) is 6.42 Å². The van der Waals surface area contributed by atoms with Gasteiger partial charge in [-0.15, -0.1) is 0 Å². The number of unbranched alkanes of at least 4 members (excludes halogenated alkanes) is 1. The minimum atomic E-state index is 0. The first-order valence-electron chi connectivity index (χ1n) is 4.94. The maximum Gasteiger partial charge on any atom is 0.254 e. The maximum absolute atomic E-state index is 3.29. The molecule has 0 unspecified atom stereocenters. The van der Waals surface area contributed by atoms with Crippen LogP contribution in [-0.4, -0.2) is 4.98 Å². The third-order valence-electron chi connectivity index (χ3n) is 2.08. The van der Waals surface area contributed by atoms with Crippen LogP contribution < -0.4 is 17.0 Å². The fourth-order valence-corrected chi connectivity index (χ4v) is 1.41. The van der Waals surface area contributed by atoms with Crippen LogP contribution in [0.15, 0.2) is 12.4 Å². The van der Waals surface area contributed by atoms with E-state index in [2.05, 4.69) is 29.6 Å². The number of nitrogens with one attached hydrogen (secondary N) is 1. The molecule has 0 bridgehead atoms. The minimum absolute atomic E-state index is 0. The van der Waals surface area contributed by atoms with Gasteiger partial charge in [-0.25, -0.2) is 9.55 Å². The summed E-state index contributed by atoms with van der Waals surface area (Å²) in [5.41, 5.74) is 0. The highest BCUT2D eigenvalue weighted by Gasteiger charge is 2.07. The quantitative estimate of drug-likeness (QED) is 0.595. The molecule has 0 aliphatic carbocycles. The van der Waals surface area contributed by atoms with E-state index in [4.69, 9.17) is 0 Å². The Morgan fingerprint density at radius 1 is 1.31 bits per heavy atom. The molecule has 0 aromatic carbocycles. The summed E-state index contributed by atoms with van der Waals surface area (Å²) in [6, 6.07) is 0. The normalized spacial score (nSPS) is 9.69. The Kier molecular flexibility index (Phi) is 6.69. The van der Waals surface area contributed by atoms with Crippen molar-refractivity contribution in [1.29, 1.82) is 0 Å². The Labute approximate surface area is 86.8 Å². The second-order valence-corrected chi connectivity index (χ2v) is 3.20. The van der Waals surface area contributed by atoms with E-state index in [1.807, 2.05) is 6.20 Å². The van der Waals surface area contributed by atoms with Crippen LogP contribution in [0.1, 0.15) is 38.9 Å². The van der Waals surface area contributed by atoms with Crippen molar-refractivity contribution in [1.82, 2.24) is 4.98 Å². The van der Waals surface area contributed by atoms with Crippen LogP contribution in [0.2, 0.25) is 0 Å². The molecule has 1 aromatic heterocycles. The van der Waals surface area contributed by atoms with Crippen LogP contribution in [-0.2, 0) is 13.0 Å². The monoisotopic (exact) mass is 202 g/mol. The first-order valence-corrected chi connectivity index (χ1v) is 4.94. The second-order valence-electron chi connectivity index (χ2n) is 3.20. The average Bonchev–Trinajstić information content (AvgIpc) is 2.50. The number of halogens is 1. The van der Waals surface area contributed by atoms with Crippen molar-refractivity contribution in [3.63, 3.8) is 0 Å². The van der Waals surface area contributed by atoms with Crippen molar-refractivity contribution in [2.45, 2.75) is 46.1 Å². The molecule has 0 saturated carbocycles. The number of imidazole rings is 1. The van der Waals surface area contributed by atoms with Gasteiger partial charge < -0.3 is 12.4 Å². The lowest BCUT2D eigenvalue weighted by Crippen LogP contribution is -3.00. The van der Waals surface area contributed by atoms with E-state index < -0.39 is 0 Å². The molecule has 0 aliphatic rings. The summed E-state index contributed by atoms with van der Waals surface area (Å²) in [7, 11) is 0. The van der Waals surface area contributed by atoms with E-state index in [0.717, 1.165) is 6.54 Å². The van der Waals surface area contributed by atoms with E-state index in [-0.39, 0.29) is 12.4 Å². The maximum atomic E-state index is 3.29. The number of hydrogen-bond acceptors (Lipinski definition) is 0. The van der Waals surface area contributed by atoms with Gasteiger partial charge in [0.1, 0.15) is 12.4 Å². The molecular formula is C10H19ClN2. The smallest absolute Gasteiger partial charge is 0.254 e. The Balaban J connectivity index is 0.00000144. The first kappa shape index (κ1) is 12.5. The number of aromatic amines is 1. The molecule has 0 radical (unpaired) electrons. The third-order valence-corrected chi connectivity index (χ3v) is 2.08. The Bertz CT molecular complexity index is 220. The summed E-state index contributed by atoms with van der Waals surface area (Å²) in [5.74, 6) is 1.37. The molecule has 1 rings (SSSR count). The van der Waals surface area contributed by atoms with Gasteiger partial charge in [0.25, 0.3) is 5.82 Å². The summed E-state index contributed by atoms with van der Waals surface area (Å²) in [4.78, 5) is 3.29. The van der Waals surface area contributed by atoms with Gasteiger partial charge in [-0.05, 0) is 12.8 Å². The van der Waals surface area contributed by atoms with Crippen LogP contribution in [0.5, 0.6) is 0 Å². The Morgan fingerprint density at radius 3 is 2.69 bits per heavy atom. The molecule has 0 amide bonds. The zero-order valence-electron chi connectivity index (χ0n) is 8.52. The topological polar surface area (TPSA) is 19.7 Å². The summed E-state index contributed by atoms with van der Waals surface area (Å²) in [6.07, 6.45) is 9.11. The average molecular weight is 203 g/mol. The van der Waals surface area contributed by atoms with Crippen molar-refractivity contribution >= 4 is 0 Å². The number of hydrogen-bond donors (Lipinski definition) is 1. The molecule has 0 aliphatic heterocycles. The van der Waals surface area contributed by atoms with Crippen LogP contribution in [0, 0.1) is 0 Å². The van der Waals surface area contributed by atoms with Gasteiger partial charge in [-0.2, -0.15) is 0 Å². The number of nitrogens with zero attached hydrogens (tertiary/aromatic N) is 1. The SMILES string of the molecule is CCCCc1[nH]cc[n+]1CCC.[Cl-]. The van der Waals surface area contributed by atoms with Crippen LogP contribution in [0.3, 0.4) is 0 Å². The molecule has 0 spiro atoms. The highest BCUT2D eigenvalue weighted by molar-refractivity contribution is 4.76. The van der Waals surface area contributed by atoms with Gasteiger partial charge in [-0.3, -0.25) is 0 Å². The molecule has 0 fully saturated rings. The predicted octanol–water partition coefficient (Wildman–Crippen LogP) is -0.941. The van der Waals surface area contributed by atoms with Gasteiger partial charge in [-0.1, -0.05) is 20.3 Å². The first-order chi connectivity index (χ1) is 5.88. The fourth-order valence-electron chi connectivity index (χ4n) is 1.41. The van der Waals surface area contributed by atoms with E-state index in [1.54, 1.807) is 0 Å². The van der Waals surface area contributed by atoms with Gasteiger partial charge in [0.15, 0.2) is 0 Å². The number of rotatable bonds is 5. The van der Waals surface area contributed by atoms with E-state index in [9.17, 15) is 0 Å². The molecular weight excluding hydrogens is 184 g/mol. The van der Waals surface area contributed by atoms with Gasteiger partial charge >= 0.3 is 0 Å². The lowest BCUT2D eigenvalue weighted by atomic mass is 10.2. The van der Waals surface area contributed by atoms with Gasteiger partial charge in [0.2, 0.25) is 0 Å². The minimum Gasteiger partial charge on any atom is -1.00 e. The van der Waals surface area contributed by atoms with Crippen molar-refractivity contribution in [2.75, 3.05) is 0 Å². The molecule has 13 heavy (non-hydrogen) atoms. The largest absolute Gasteiger partial charge is 1.00 e. The number of aryl methyl sites for hydroxylation is 2. The van der Waals surface area contributed by atoms with Crippen LogP contribution in [0.4, 0.5) is 0 Å². The van der Waals surface area contributed by atoms with Crippen molar-refractivity contribution < 1.29 is 17.0 Å². The molecule has 0 saturated heterocycles. The molecule has 3 heteroatoms. The Morgan fingerprint density at radius 2 is 2.08 bits per heavy atom. The molecule has 2 nitrogen and oxygen atoms in total. The Hall–Kier alpha value is -0.500. The highest BCUT2D eigenvalue weighted by Crippen LogP contribution is 1.96. The lowest BCUT2D eigenvalue weighted by Gasteiger charge is -1.97. The van der Waals surface area contributed by atoms with Crippen LogP contribution >= 0.6 is 0 Å². The summed E-state index contributed by atoms with van der Waals surface area (Å²) in [5, 5.41) is 0. The fraction of sp³-hybridized carbons (Fsp3) is 0.700. The van der Waals surface area contributed by atoms with Crippen molar-refractivity contribution in [3.05, 3.63) is 18.2 Å². The number of aromatic nitrogens is 2. The standard InChI is InChI=1S/C10H18N2.ClH/c1-3-5-6-10-11-7-9-12(10)8-4-2;/h7,9H,3-6,8H2,1-2H3;1H. The number of H-pyrrole nitrogens is 1. The molecule has 1 N–H and O–H groups in total. The van der Waals surface area contributed by atoms with Crippen molar-refractivity contribution in [2.24, 2.45) is 0 Å². The van der Waals surface area contributed by atoms with Gasteiger partial charge in [0.05, 0.1) is 6.54 Å². The molecule has 1 heterocycles. The van der Waals surface area contributed by atoms with E-state index >= 15 is 0 Å². The summed E-state index contributed by atoms with van der Waals surface area (Å²) in [6.45, 7) is 5.58. The zero-order chi connectivity index (χ0) is 8.81. The van der Waals surface area contributed by atoms with Crippen LogP contribution in [0.25, 0.3) is 0 Å².